The molecule has 2 rings (SSSR count). The smallest absolute Gasteiger partial charge is 0.337 e. The van der Waals surface area contributed by atoms with Gasteiger partial charge in [-0.3, -0.25) is 0 Å². The molecule has 0 radical (unpaired) electrons. The maximum atomic E-state index is 13.0. The molecule has 0 aromatic heterocycles. The molecule has 1 fully saturated rings. The van der Waals surface area contributed by atoms with Crippen LogP contribution in [0.5, 0.6) is 0 Å². The van der Waals surface area contributed by atoms with Crippen molar-refractivity contribution in [2.45, 2.75) is 6.42 Å². The van der Waals surface area contributed by atoms with Crippen molar-refractivity contribution in [1.82, 2.24) is 0 Å². The molecule has 1 unspecified atom stereocenters. The van der Waals surface area contributed by atoms with E-state index in [0.29, 0.717) is 18.7 Å². The van der Waals surface area contributed by atoms with Gasteiger partial charge in [-0.15, -0.1) is 0 Å². The highest BCUT2D eigenvalue weighted by molar-refractivity contribution is 7.91. The Hall–Kier alpha value is -1.63. The molecule has 1 aromatic carbocycles. The van der Waals surface area contributed by atoms with E-state index in [-0.39, 0.29) is 23.0 Å². The van der Waals surface area contributed by atoms with Crippen molar-refractivity contribution in [3.8, 4) is 0 Å². The summed E-state index contributed by atoms with van der Waals surface area (Å²) in [7, 11) is -2.95. The first kappa shape index (κ1) is 13.8. The van der Waals surface area contributed by atoms with E-state index in [1.807, 2.05) is 0 Å². The average molecular weight is 287 g/mol. The fourth-order valence-corrected chi connectivity index (χ4v) is 4.00. The first-order chi connectivity index (χ1) is 8.87. The van der Waals surface area contributed by atoms with Gasteiger partial charge >= 0.3 is 5.97 Å². The van der Waals surface area contributed by atoms with Gasteiger partial charge in [0.25, 0.3) is 0 Å². The van der Waals surface area contributed by atoms with Crippen LogP contribution in [0, 0.1) is 11.7 Å². The molecule has 5 nitrogen and oxygen atoms in total. The zero-order valence-corrected chi connectivity index (χ0v) is 10.9. The third kappa shape index (κ3) is 3.44. The molecule has 1 heterocycles. The van der Waals surface area contributed by atoms with E-state index >= 15 is 0 Å². The lowest BCUT2D eigenvalue weighted by Crippen LogP contribution is -2.17. The molecule has 2 N–H and O–H groups in total. The number of aromatic carboxylic acids is 1. The minimum Gasteiger partial charge on any atom is -0.478 e. The molecule has 19 heavy (non-hydrogen) atoms. The number of nitrogens with one attached hydrogen (secondary N) is 1. The van der Waals surface area contributed by atoms with Gasteiger partial charge in [0.1, 0.15) is 5.82 Å². The summed E-state index contributed by atoms with van der Waals surface area (Å²) in [4.78, 5) is 11.0. The van der Waals surface area contributed by atoms with Crippen LogP contribution in [-0.4, -0.2) is 37.5 Å². The summed E-state index contributed by atoms with van der Waals surface area (Å²) in [6, 6.07) is 3.46. The number of sulfone groups is 1. The Morgan fingerprint density at radius 2 is 2.21 bits per heavy atom. The van der Waals surface area contributed by atoms with E-state index in [9.17, 15) is 17.6 Å². The van der Waals surface area contributed by atoms with E-state index in [1.165, 1.54) is 12.1 Å². The van der Waals surface area contributed by atoms with Gasteiger partial charge in [0.15, 0.2) is 9.84 Å². The van der Waals surface area contributed by atoms with E-state index in [2.05, 4.69) is 5.32 Å². The van der Waals surface area contributed by atoms with Crippen molar-refractivity contribution in [2.24, 2.45) is 5.92 Å². The van der Waals surface area contributed by atoms with Crippen LogP contribution in [0.4, 0.5) is 10.1 Å². The summed E-state index contributed by atoms with van der Waals surface area (Å²) >= 11 is 0. The lowest BCUT2D eigenvalue weighted by atomic mass is 10.1. The maximum absolute atomic E-state index is 13.0. The second kappa shape index (κ2) is 5.16. The highest BCUT2D eigenvalue weighted by Gasteiger charge is 2.27. The minimum absolute atomic E-state index is 0.0308. The van der Waals surface area contributed by atoms with Gasteiger partial charge in [-0.1, -0.05) is 0 Å². The highest BCUT2D eigenvalue weighted by atomic mass is 32.2. The van der Waals surface area contributed by atoms with Crippen LogP contribution >= 0.6 is 0 Å². The van der Waals surface area contributed by atoms with Crippen molar-refractivity contribution >= 4 is 21.5 Å². The summed E-state index contributed by atoms with van der Waals surface area (Å²) in [6.45, 7) is 0.366. The summed E-state index contributed by atoms with van der Waals surface area (Å²) in [5.74, 6) is -1.58. The van der Waals surface area contributed by atoms with Crippen molar-refractivity contribution < 1.29 is 22.7 Å². The maximum Gasteiger partial charge on any atom is 0.337 e. The van der Waals surface area contributed by atoms with Crippen LogP contribution < -0.4 is 5.32 Å². The van der Waals surface area contributed by atoms with Gasteiger partial charge in [0.05, 0.1) is 17.1 Å². The number of carboxylic acids is 1. The average Bonchev–Trinajstić information content (AvgIpc) is 2.67. The molecular formula is C12H14FNO4S. The fourth-order valence-electron chi connectivity index (χ4n) is 2.13. The van der Waals surface area contributed by atoms with E-state index < -0.39 is 21.6 Å². The van der Waals surface area contributed by atoms with Crippen LogP contribution in [0.1, 0.15) is 16.8 Å². The largest absolute Gasteiger partial charge is 0.478 e. The van der Waals surface area contributed by atoms with Gasteiger partial charge in [-0.2, -0.15) is 0 Å². The van der Waals surface area contributed by atoms with E-state index in [4.69, 9.17) is 5.11 Å². The first-order valence-corrected chi connectivity index (χ1v) is 7.67. The fraction of sp³-hybridized carbons (Fsp3) is 0.417. The lowest BCUT2D eigenvalue weighted by Gasteiger charge is -2.13. The predicted molar refractivity (Wildman–Crippen MR) is 68.6 cm³/mol. The molecule has 0 aliphatic carbocycles. The van der Waals surface area contributed by atoms with E-state index in [1.54, 1.807) is 0 Å². The zero-order valence-electron chi connectivity index (χ0n) is 10.1. The molecule has 104 valence electrons. The molecule has 1 aromatic rings. The summed E-state index contributed by atoms with van der Waals surface area (Å²) < 4.78 is 35.6. The molecule has 0 bridgehead atoms. The molecular weight excluding hydrogens is 273 g/mol. The van der Waals surface area contributed by atoms with Gasteiger partial charge in [-0.25, -0.2) is 17.6 Å². The third-order valence-electron chi connectivity index (χ3n) is 3.12. The Balaban J connectivity index is 2.06. The Bertz CT molecular complexity index is 600. The minimum atomic E-state index is -2.95. The Kier molecular flexibility index (Phi) is 3.75. The number of halogens is 1. The van der Waals surface area contributed by atoms with Gasteiger partial charge in [0.2, 0.25) is 0 Å². The number of carboxylic acid groups (broad SMARTS) is 1. The topological polar surface area (TPSA) is 83.5 Å². The molecule has 1 aliphatic rings. The second-order valence-corrected chi connectivity index (χ2v) is 6.87. The first-order valence-electron chi connectivity index (χ1n) is 5.84. The quantitative estimate of drug-likeness (QED) is 0.874. The molecule has 1 saturated heterocycles. The molecule has 0 saturated carbocycles. The standard InChI is InChI=1S/C12H14FNO4S/c13-9-1-2-11(10(5-9)12(15)16)14-6-8-3-4-19(17,18)7-8/h1-2,5,8,14H,3-4,6-7H2,(H,15,16). The number of anilines is 1. The van der Waals surface area contributed by atoms with Crippen molar-refractivity contribution in [2.75, 3.05) is 23.4 Å². The van der Waals surface area contributed by atoms with Crippen LogP contribution in [-0.2, 0) is 9.84 Å². The zero-order chi connectivity index (χ0) is 14.0. The summed E-state index contributed by atoms with van der Waals surface area (Å²) in [6.07, 6.45) is 0.568. The van der Waals surface area contributed by atoms with Gasteiger partial charge in [0, 0.05) is 12.2 Å². The number of hydrogen-bond donors (Lipinski definition) is 2. The van der Waals surface area contributed by atoms with Crippen LogP contribution in [0.15, 0.2) is 18.2 Å². The number of carbonyl (C=O) groups is 1. The highest BCUT2D eigenvalue weighted by Crippen LogP contribution is 2.21. The number of hydrogen-bond acceptors (Lipinski definition) is 4. The normalized spacial score (nSPS) is 21.2. The SMILES string of the molecule is O=C(O)c1cc(F)ccc1NCC1CCS(=O)(=O)C1. The van der Waals surface area contributed by atoms with Crippen molar-refractivity contribution in [3.63, 3.8) is 0 Å². The molecule has 7 heteroatoms. The van der Waals surface area contributed by atoms with Gasteiger partial charge in [-0.05, 0) is 30.5 Å². The van der Waals surface area contributed by atoms with Crippen molar-refractivity contribution in [1.29, 1.82) is 0 Å². The molecule has 0 amide bonds. The van der Waals surface area contributed by atoms with Crippen molar-refractivity contribution in [3.05, 3.63) is 29.6 Å². The van der Waals surface area contributed by atoms with Crippen LogP contribution in [0.2, 0.25) is 0 Å². The van der Waals surface area contributed by atoms with Crippen LogP contribution in [0.3, 0.4) is 0 Å². The Labute approximate surface area is 110 Å². The Morgan fingerprint density at radius 1 is 1.47 bits per heavy atom. The van der Waals surface area contributed by atoms with E-state index in [0.717, 1.165) is 6.07 Å². The molecule has 1 atom stereocenters. The predicted octanol–water partition coefficient (Wildman–Crippen LogP) is 1.37. The summed E-state index contributed by atoms with van der Waals surface area (Å²) in [5.41, 5.74) is 0.152. The van der Waals surface area contributed by atoms with Crippen LogP contribution in [0.25, 0.3) is 0 Å². The molecule has 0 spiro atoms. The Morgan fingerprint density at radius 3 is 2.79 bits per heavy atom. The van der Waals surface area contributed by atoms with Gasteiger partial charge < -0.3 is 10.4 Å². The second-order valence-electron chi connectivity index (χ2n) is 4.65. The number of benzene rings is 1. The lowest BCUT2D eigenvalue weighted by molar-refractivity contribution is 0.0697. The monoisotopic (exact) mass is 287 g/mol. The summed E-state index contributed by atoms with van der Waals surface area (Å²) in [5, 5.41) is 11.9. The third-order valence-corrected chi connectivity index (χ3v) is 4.96. The number of rotatable bonds is 4. The molecule has 1 aliphatic heterocycles.